The van der Waals surface area contributed by atoms with Gasteiger partial charge in [-0.3, -0.25) is 0 Å². The normalized spacial score (nSPS) is 19.1. The van der Waals surface area contributed by atoms with Crippen molar-refractivity contribution in [2.45, 2.75) is 50.0 Å². The van der Waals surface area contributed by atoms with Gasteiger partial charge in [0.1, 0.15) is 11.6 Å². The first kappa shape index (κ1) is 20.4. The summed E-state index contributed by atoms with van der Waals surface area (Å²) in [5.74, 6) is 0.682. The number of aromatic nitrogens is 2. The summed E-state index contributed by atoms with van der Waals surface area (Å²) in [6.07, 6.45) is 5.67. The van der Waals surface area contributed by atoms with Gasteiger partial charge >= 0.3 is 0 Å². The van der Waals surface area contributed by atoms with Gasteiger partial charge in [0, 0.05) is 37.4 Å². The highest BCUT2D eigenvalue weighted by Gasteiger charge is 2.35. The van der Waals surface area contributed by atoms with Crippen molar-refractivity contribution < 1.29 is 12.8 Å². The van der Waals surface area contributed by atoms with Crippen LogP contribution in [-0.2, 0) is 29.4 Å². The summed E-state index contributed by atoms with van der Waals surface area (Å²) in [6, 6.07) is 12.1. The molecule has 2 aliphatic rings. The topological polar surface area (TPSA) is 55.2 Å². The zero-order chi connectivity index (χ0) is 21.6. The third kappa shape index (κ3) is 3.81. The molecule has 0 amide bonds. The zero-order valence-corrected chi connectivity index (χ0v) is 18.4. The minimum Gasteiger partial charge on any atom is -0.328 e. The highest BCUT2D eigenvalue weighted by molar-refractivity contribution is 7.89. The van der Waals surface area contributed by atoms with Crippen LogP contribution in [0.5, 0.6) is 0 Å². The van der Waals surface area contributed by atoms with Gasteiger partial charge in [0.05, 0.1) is 4.90 Å². The van der Waals surface area contributed by atoms with Gasteiger partial charge in [0.25, 0.3) is 0 Å². The van der Waals surface area contributed by atoms with Crippen LogP contribution in [0.3, 0.4) is 0 Å². The van der Waals surface area contributed by atoms with Crippen molar-refractivity contribution in [3.8, 4) is 0 Å². The van der Waals surface area contributed by atoms with Crippen molar-refractivity contribution in [1.29, 1.82) is 0 Å². The molecular formula is C24H26FN3O2S. The van der Waals surface area contributed by atoms with Gasteiger partial charge in [0.2, 0.25) is 10.0 Å². The Morgan fingerprint density at radius 3 is 2.68 bits per heavy atom. The Bertz CT molecular complexity index is 1220. The molecule has 1 aliphatic heterocycles. The number of imidazole rings is 1. The highest BCUT2D eigenvalue weighted by atomic mass is 32.2. The Labute approximate surface area is 182 Å². The van der Waals surface area contributed by atoms with E-state index in [1.54, 1.807) is 22.5 Å². The molecule has 31 heavy (non-hydrogen) atoms. The number of aryl methyl sites for hydroxylation is 3. The van der Waals surface area contributed by atoms with E-state index >= 15 is 0 Å². The molecule has 3 aromatic rings. The minimum absolute atomic E-state index is 0.0401. The van der Waals surface area contributed by atoms with Gasteiger partial charge in [0.15, 0.2) is 0 Å². The van der Waals surface area contributed by atoms with E-state index in [1.807, 2.05) is 25.3 Å². The van der Waals surface area contributed by atoms with E-state index in [0.717, 1.165) is 42.8 Å². The number of halogens is 1. The molecule has 1 saturated heterocycles. The van der Waals surface area contributed by atoms with E-state index in [0.29, 0.717) is 24.5 Å². The molecule has 1 aliphatic carbocycles. The summed E-state index contributed by atoms with van der Waals surface area (Å²) in [7, 11) is -3.52. The molecule has 0 N–H and O–H groups in total. The molecule has 2 aromatic carbocycles. The fourth-order valence-corrected chi connectivity index (χ4v) is 6.35. The van der Waals surface area contributed by atoms with Gasteiger partial charge in [-0.25, -0.2) is 17.8 Å². The average molecular weight is 440 g/mol. The standard InChI is InChI=1S/C24H26FN3O2S/c1-17-14-26-24(28(17)15-18-5-8-22(25)9-6-18)21-11-12-27(16-21)31(29,30)23-10-7-19-3-2-4-20(19)13-23/h5-10,13-14,21H,2-4,11-12,15-16H2,1H3. The summed E-state index contributed by atoms with van der Waals surface area (Å²) in [5.41, 5.74) is 4.45. The summed E-state index contributed by atoms with van der Waals surface area (Å²) in [4.78, 5) is 5.02. The summed E-state index contributed by atoms with van der Waals surface area (Å²) >= 11 is 0. The quantitative estimate of drug-likeness (QED) is 0.603. The highest BCUT2D eigenvalue weighted by Crippen LogP contribution is 2.33. The Morgan fingerprint density at radius 1 is 1.10 bits per heavy atom. The molecule has 1 aromatic heterocycles. The second-order valence-corrected chi connectivity index (χ2v) is 10.5. The van der Waals surface area contributed by atoms with Crippen LogP contribution in [0.1, 0.15) is 47.0 Å². The Balaban J connectivity index is 1.37. The smallest absolute Gasteiger partial charge is 0.243 e. The summed E-state index contributed by atoms with van der Waals surface area (Å²) in [6.45, 7) is 3.51. The lowest BCUT2D eigenvalue weighted by atomic mass is 10.1. The first-order valence-electron chi connectivity index (χ1n) is 10.8. The van der Waals surface area contributed by atoms with E-state index in [1.165, 1.54) is 23.3 Å². The molecule has 0 bridgehead atoms. The zero-order valence-electron chi connectivity index (χ0n) is 17.6. The third-order valence-electron chi connectivity index (χ3n) is 6.56. The van der Waals surface area contributed by atoms with Crippen LogP contribution in [0.15, 0.2) is 53.6 Å². The SMILES string of the molecule is Cc1cnc(C2CCN(S(=O)(=O)c3ccc4c(c3)CCC4)C2)n1Cc1ccc(F)cc1. The molecule has 0 saturated carbocycles. The predicted molar refractivity (Wildman–Crippen MR) is 117 cm³/mol. The van der Waals surface area contributed by atoms with Crippen molar-refractivity contribution in [2.24, 2.45) is 0 Å². The van der Waals surface area contributed by atoms with Crippen LogP contribution >= 0.6 is 0 Å². The van der Waals surface area contributed by atoms with Crippen LogP contribution < -0.4 is 0 Å². The molecule has 2 heterocycles. The summed E-state index contributed by atoms with van der Waals surface area (Å²) in [5, 5.41) is 0. The van der Waals surface area contributed by atoms with Gasteiger partial charge in [-0.2, -0.15) is 4.31 Å². The fraction of sp³-hybridized carbons (Fsp3) is 0.375. The van der Waals surface area contributed by atoms with E-state index in [4.69, 9.17) is 0 Å². The van der Waals surface area contributed by atoms with Crippen molar-refractivity contribution in [1.82, 2.24) is 13.9 Å². The number of hydrogen-bond acceptors (Lipinski definition) is 3. The summed E-state index contributed by atoms with van der Waals surface area (Å²) < 4.78 is 43.5. The lowest BCUT2D eigenvalue weighted by molar-refractivity contribution is 0.469. The molecule has 162 valence electrons. The molecule has 1 unspecified atom stereocenters. The van der Waals surface area contributed by atoms with Gasteiger partial charge in [-0.15, -0.1) is 0 Å². The Hall–Kier alpha value is -2.51. The Kier molecular flexibility index (Phi) is 5.18. The van der Waals surface area contributed by atoms with E-state index in [-0.39, 0.29) is 11.7 Å². The molecule has 5 nitrogen and oxygen atoms in total. The first-order valence-corrected chi connectivity index (χ1v) is 12.2. The van der Waals surface area contributed by atoms with E-state index in [9.17, 15) is 12.8 Å². The van der Waals surface area contributed by atoms with Crippen LogP contribution in [0.2, 0.25) is 0 Å². The number of fused-ring (bicyclic) bond motifs is 1. The molecule has 1 atom stereocenters. The number of sulfonamides is 1. The van der Waals surface area contributed by atoms with Crippen molar-refractivity contribution in [3.05, 3.63) is 82.7 Å². The largest absolute Gasteiger partial charge is 0.328 e. The molecule has 0 spiro atoms. The Morgan fingerprint density at radius 2 is 1.87 bits per heavy atom. The van der Waals surface area contributed by atoms with Crippen LogP contribution in [0.25, 0.3) is 0 Å². The lowest BCUT2D eigenvalue weighted by Crippen LogP contribution is -2.29. The minimum atomic E-state index is -3.52. The maximum absolute atomic E-state index is 13.3. The van der Waals surface area contributed by atoms with E-state index < -0.39 is 10.0 Å². The number of benzene rings is 2. The van der Waals surface area contributed by atoms with Crippen LogP contribution in [-0.4, -0.2) is 35.4 Å². The van der Waals surface area contributed by atoms with Gasteiger partial charge in [-0.05, 0) is 73.6 Å². The van der Waals surface area contributed by atoms with Crippen LogP contribution in [0, 0.1) is 12.7 Å². The lowest BCUT2D eigenvalue weighted by Gasteiger charge is -2.18. The predicted octanol–water partition coefficient (Wildman–Crippen LogP) is 4.05. The van der Waals surface area contributed by atoms with E-state index in [2.05, 4.69) is 9.55 Å². The number of hydrogen-bond donors (Lipinski definition) is 0. The maximum Gasteiger partial charge on any atom is 0.243 e. The second-order valence-electron chi connectivity index (χ2n) is 8.60. The van der Waals surface area contributed by atoms with Crippen LogP contribution in [0.4, 0.5) is 4.39 Å². The fourth-order valence-electron chi connectivity index (χ4n) is 4.80. The second kappa shape index (κ2) is 7.88. The first-order chi connectivity index (χ1) is 14.9. The average Bonchev–Trinajstić information content (AvgIpc) is 3.49. The van der Waals surface area contributed by atoms with Gasteiger partial charge in [-0.1, -0.05) is 18.2 Å². The molecule has 5 rings (SSSR count). The molecule has 1 fully saturated rings. The monoisotopic (exact) mass is 439 g/mol. The van der Waals surface area contributed by atoms with Gasteiger partial charge < -0.3 is 4.57 Å². The third-order valence-corrected chi connectivity index (χ3v) is 8.42. The number of rotatable bonds is 5. The van der Waals surface area contributed by atoms with Crippen molar-refractivity contribution in [2.75, 3.05) is 13.1 Å². The molecule has 0 radical (unpaired) electrons. The van der Waals surface area contributed by atoms with Crippen molar-refractivity contribution in [3.63, 3.8) is 0 Å². The van der Waals surface area contributed by atoms with Crippen molar-refractivity contribution >= 4 is 10.0 Å². The maximum atomic E-state index is 13.3. The number of nitrogens with zero attached hydrogens (tertiary/aromatic N) is 3. The molecule has 7 heteroatoms. The molecular weight excluding hydrogens is 413 g/mol.